The number of pyridine rings is 2. The van der Waals surface area contributed by atoms with Crippen molar-refractivity contribution < 1.29 is 5.11 Å². The minimum Gasteiger partial charge on any atom is -0.383 e. The molecule has 1 saturated heterocycles. The molecule has 0 amide bonds. The van der Waals surface area contributed by atoms with Crippen LogP contribution in [0.4, 0.5) is 0 Å². The van der Waals surface area contributed by atoms with Gasteiger partial charge in [-0.05, 0) is 48.6 Å². The van der Waals surface area contributed by atoms with E-state index in [9.17, 15) is 5.11 Å². The van der Waals surface area contributed by atoms with Gasteiger partial charge in [0.2, 0.25) is 0 Å². The highest BCUT2D eigenvalue weighted by Gasteiger charge is 2.52. The van der Waals surface area contributed by atoms with Gasteiger partial charge in [-0.25, -0.2) is 0 Å². The van der Waals surface area contributed by atoms with Gasteiger partial charge in [0, 0.05) is 43.3 Å². The third-order valence-electron chi connectivity index (χ3n) is 6.26. The first-order valence-corrected chi connectivity index (χ1v) is 9.43. The van der Waals surface area contributed by atoms with E-state index in [1.807, 2.05) is 30.5 Å². The molecule has 2 aliphatic rings. The molecule has 1 aliphatic carbocycles. The minimum atomic E-state index is -0.777. The maximum atomic E-state index is 11.4. The summed E-state index contributed by atoms with van der Waals surface area (Å²) in [6, 6.07) is 16.4. The molecule has 1 N–H and O–H groups in total. The topological polar surface area (TPSA) is 49.3 Å². The van der Waals surface area contributed by atoms with E-state index in [0.717, 1.165) is 43.7 Å². The number of hydrogen-bond donors (Lipinski definition) is 1. The van der Waals surface area contributed by atoms with E-state index in [0.29, 0.717) is 5.92 Å². The second-order valence-electron chi connectivity index (χ2n) is 7.73. The Morgan fingerprint density at radius 3 is 2.81 bits per heavy atom. The van der Waals surface area contributed by atoms with E-state index in [1.54, 1.807) is 6.20 Å². The van der Waals surface area contributed by atoms with Gasteiger partial charge in [0.15, 0.2) is 0 Å². The Hall–Kier alpha value is -2.30. The highest BCUT2D eigenvalue weighted by Crippen LogP contribution is 2.50. The summed E-state index contributed by atoms with van der Waals surface area (Å²) in [4.78, 5) is 11.4. The lowest BCUT2D eigenvalue weighted by atomic mass is 9.85. The van der Waals surface area contributed by atoms with Crippen molar-refractivity contribution in [2.24, 2.45) is 11.8 Å². The van der Waals surface area contributed by atoms with Gasteiger partial charge in [0.25, 0.3) is 0 Å². The predicted molar refractivity (Wildman–Crippen MR) is 101 cm³/mol. The third kappa shape index (κ3) is 2.52. The van der Waals surface area contributed by atoms with Crippen LogP contribution >= 0.6 is 0 Å². The molecule has 4 nitrogen and oxygen atoms in total. The highest BCUT2D eigenvalue weighted by atomic mass is 16.3. The van der Waals surface area contributed by atoms with Crippen molar-refractivity contribution in [3.05, 3.63) is 72.2 Å². The lowest BCUT2D eigenvalue weighted by Crippen LogP contribution is -2.35. The number of benzene rings is 1. The molecular formula is C22H23N3O. The van der Waals surface area contributed by atoms with Crippen LogP contribution in [0.5, 0.6) is 0 Å². The van der Waals surface area contributed by atoms with Crippen molar-refractivity contribution in [3.63, 3.8) is 0 Å². The monoisotopic (exact) mass is 345 g/mol. The number of nitrogens with zero attached hydrogens (tertiary/aromatic N) is 3. The van der Waals surface area contributed by atoms with E-state index in [4.69, 9.17) is 0 Å². The molecule has 3 heterocycles. The zero-order valence-electron chi connectivity index (χ0n) is 14.8. The summed E-state index contributed by atoms with van der Waals surface area (Å²) in [5.41, 5.74) is 2.43. The summed E-state index contributed by atoms with van der Waals surface area (Å²) >= 11 is 0. The summed E-state index contributed by atoms with van der Waals surface area (Å²) in [6.45, 7) is 2.89. The van der Waals surface area contributed by atoms with Crippen LogP contribution in [0.25, 0.3) is 10.9 Å². The van der Waals surface area contributed by atoms with Gasteiger partial charge in [-0.1, -0.05) is 24.3 Å². The number of aliphatic hydroxyl groups is 1. The normalized spacial score (nSPS) is 28.5. The summed E-state index contributed by atoms with van der Waals surface area (Å²) < 4.78 is 0. The molecule has 132 valence electrons. The fraction of sp³-hybridized carbons (Fsp3) is 0.364. The van der Waals surface area contributed by atoms with Gasteiger partial charge in [-0.2, -0.15) is 0 Å². The van der Waals surface area contributed by atoms with Gasteiger partial charge in [0.05, 0.1) is 11.2 Å². The van der Waals surface area contributed by atoms with E-state index in [-0.39, 0.29) is 5.92 Å². The Labute approximate surface area is 153 Å². The van der Waals surface area contributed by atoms with Crippen LogP contribution in [-0.2, 0) is 12.1 Å². The number of rotatable bonds is 3. The fourth-order valence-corrected chi connectivity index (χ4v) is 5.00. The Morgan fingerprint density at radius 1 is 1.00 bits per heavy atom. The molecule has 3 atom stereocenters. The molecule has 5 rings (SSSR count). The van der Waals surface area contributed by atoms with Crippen molar-refractivity contribution in [3.8, 4) is 0 Å². The van der Waals surface area contributed by atoms with Crippen LogP contribution in [0, 0.1) is 11.8 Å². The zero-order chi connectivity index (χ0) is 17.6. The summed E-state index contributed by atoms with van der Waals surface area (Å²) in [5, 5.41) is 12.6. The van der Waals surface area contributed by atoms with Gasteiger partial charge in [0.1, 0.15) is 5.60 Å². The Bertz CT molecular complexity index is 924. The number of hydrogen-bond acceptors (Lipinski definition) is 4. The lowest BCUT2D eigenvalue weighted by Gasteiger charge is -2.29. The van der Waals surface area contributed by atoms with Crippen LogP contribution in [0.3, 0.4) is 0 Å². The van der Waals surface area contributed by atoms with Crippen LogP contribution in [0.1, 0.15) is 24.1 Å². The molecule has 4 heteroatoms. The first kappa shape index (κ1) is 15.9. The molecular weight excluding hydrogens is 322 g/mol. The van der Waals surface area contributed by atoms with Crippen LogP contribution in [-0.4, -0.2) is 33.1 Å². The van der Waals surface area contributed by atoms with Crippen molar-refractivity contribution in [2.75, 3.05) is 13.1 Å². The average molecular weight is 345 g/mol. The van der Waals surface area contributed by atoms with E-state index in [1.165, 1.54) is 10.9 Å². The van der Waals surface area contributed by atoms with Crippen molar-refractivity contribution in [1.29, 1.82) is 0 Å². The van der Waals surface area contributed by atoms with Gasteiger partial charge >= 0.3 is 0 Å². The zero-order valence-corrected chi connectivity index (χ0v) is 14.8. The van der Waals surface area contributed by atoms with Gasteiger partial charge < -0.3 is 5.11 Å². The van der Waals surface area contributed by atoms with Gasteiger partial charge in [-0.3, -0.25) is 14.9 Å². The summed E-state index contributed by atoms with van der Waals surface area (Å²) in [7, 11) is 0. The molecule has 0 bridgehead atoms. The van der Waals surface area contributed by atoms with E-state index in [2.05, 4.69) is 39.1 Å². The summed E-state index contributed by atoms with van der Waals surface area (Å²) in [6.07, 6.45) is 5.53. The maximum Gasteiger partial charge on any atom is 0.111 e. The second kappa shape index (κ2) is 6.15. The number of likely N-dealkylation sites (tertiary alicyclic amines) is 1. The van der Waals surface area contributed by atoms with Crippen LogP contribution in [0.2, 0.25) is 0 Å². The summed E-state index contributed by atoms with van der Waals surface area (Å²) in [5.74, 6) is 0.820. The Kier molecular flexibility index (Phi) is 3.76. The molecule has 0 spiro atoms. The number of aromatic nitrogens is 2. The standard InChI is InChI=1S/C22H23N3O/c26-22(21-8-1-2-11-24-21)10-9-17-14-25(15-19(17)22)13-16-5-3-7-20-18(16)6-4-12-23-20/h1-8,11-12,17,19,26H,9-10,13-15H2/t17-,19+,22-/m1/s1. The molecule has 26 heavy (non-hydrogen) atoms. The molecule has 1 aliphatic heterocycles. The first-order valence-electron chi connectivity index (χ1n) is 9.43. The average Bonchev–Trinajstić information content (AvgIpc) is 3.23. The predicted octanol–water partition coefficient (Wildman–Crippen LogP) is 3.36. The molecule has 0 radical (unpaired) electrons. The molecule has 2 fully saturated rings. The van der Waals surface area contributed by atoms with Gasteiger partial charge in [-0.15, -0.1) is 0 Å². The van der Waals surface area contributed by atoms with Crippen LogP contribution < -0.4 is 0 Å². The lowest BCUT2D eigenvalue weighted by molar-refractivity contribution is -0.0108. The molecule has 1 aromatic carbocycles. The van der Waals surface area contributed by atoms with Crippen molar-refractivity contribution >= 4 is 10.9 Å². The van der Waals surface area contributed by atoms with Crippen molar-refractivity contribution in [2.45, 2.75) is 25.0 Å². The second-order valence-corrected chi connectivity index (χ2v) is 7.73. The Balaban J connectivity index is 1.39. The largest absolute Gasteiger partial charge is 0.383 e. The molecule has 3 aromatic rings. The highest BCUT2D eigenvalue weighted by molar-refractivity contribution is 5.81. The maximum absolute atomic E-state index is 11.4. The molecule has 1 saturated carbocycles. The quantitative estimate of drug-likeness (QED) is 0.791. The fourth-order valence-electron chi connectivity index (χ4n) is 5.00. The SMILES string of the molecule is O[C@]1(c2ccccn2)CC[C@@H]2CN(Cc3cccc4ncccc34)C[C@@H]21. The number of fused-ring (bicyclic) bond motifs is 2. The Morgan fingerprint density at radius 2 is 1.92 bits per heavy atom. The van der Waals surface area contributed by atoms with E-state index >= 15 is 0 Å². The van der Waals surface area contributed by atoms with E-state index < -0.39 is 5.60 Å². The van der Waals surface area contributed by atoms with Crippen LogP contribution in [0.15, 0.2) is 60.9 Å². The molecule has 2 aromatic heterocycles. The minimum absolute atomic E-state index is 0.269. The third-order valence-corrected chi connectivity index (χ3v) is 6.26. The molecule has 0 unspecified atom stereocenters. The smallest absolute Gasteiger partial charge is 0.111 e. The first-order chi connectivity index (χ1) is 12.7. The van der Waals surface area contributed by atoms with Crippen molar-refractivity contribution in [1.82, 2.24) is 14.9 Å².